The van der Waals surface area contributed by atoms with E-state index >= 15 is 0 Å². The van der Waals surface area contributed by atoms with Gasteiger partial charge in [0.1, 0.15) is 0 Å². The highest BCUT2D eigenvalue weighted by atomic mass is 16.2. The highest BCUT2D eigenvalue weighted by Gasteiger charge is 2.23. The minimum absolute atomic E-state index is 0.0518. The summed E-state index contributed by atoms with van der Waals surface area (Å²) in [7, 11) is 0. The number of hydrogen-bond donors (Lipinski definition) is 0. The van der Waals surface area contributed by atoms with Gasteiger partial charge in [-0.3, -0.25) is 14.6 Å². The molecule has 1 aliphatic rings. The minimum atomic E-state index is -0.107. The maximum atomic E-state index is 13.0. The normalized spacial score (nSPS) is 14.7. The fourth-order valence-corrected chi connectivity index (χ4v) is 3.44. The summed E-state index contributed by atoms with van der Waals surface area (Å²) >= 11 is 0. The Balaban J connectivity index is 1.71. The van der Waals surface area contributed by atoms with Crippen molar-refractivity contribution in [2.45, 2.75) is 20.4 Å². The van der Waals surface area contributed by atoms with E-state index in [9.17, 15) is 9.59 Å². The number of carbonyl (C=O) groups excluding carboxylic acids is 2. The average Bonchev–Trinajstić information content (AvgIpc) is 2.77. The summed E-state index contributed by atoms with van der Waals surface area (Å²) in [6.45, 7) is 9.39. The van der Waals surface area contributed by atoms with Crippen LogP contribution in [0.15, 0.2) is 48.8 Å². The molecule has 6 nitrogen and oxygen atoms in total. The number of carbonyl (C=O) groups is 2. The second-order valence-electron chi connectivity index (χ2n) is 6.99. The minimum Gasteiger partial charge on any atom is -0.336 e. The van der Waals surface area contributed by atoms with Crippen LogP contribution in [0, 0.1) is 0 Å². The molecule has 1 aromatic heterocycles. The second-order valence-corrected chi connectivity index (χ2v) is 6.99. The smallest absolute Gasteiger partial charge is 0.255 e. The van der Waals surface area contributed by atoms with Gasteiger partial charge >= 0.3 is 0 Å². The SMILES string of the molecule is CCN1CCN(C(=O)c2cncc(C(=O)N(CC)Cc3ccccc3)c2)CC1. The molecule has 1 aromatic carbocycles. The first-order chi connectivity index (χ1) is 13.6. The van der Waals surface area contributed by atoms with Crippen LogP contribution in [0.5, 0.6) is 0 Å². The predicted molar refractivity (Wildman–Crippen MR) is 109 cm³/mol. The Kier molecular flexibility index (Phi) is 6.76. The maximum Gasteiger partial charge on any atom is 0.255 e. The van der Waals surface area contributed by atoms with Gasteiger partial charge in [0.2, 0.25) is 0 Å². The van der Waals surface area contributed by atoms with Gasteiger partial charge in [-0.2, -0.15) is 0 Å². The number of rotatable bonds is 6. The Morgan fingerprint density at radius 2 is 1.68 bits per heavy atom. The molecule has 0 N–H and O–H groups in total. The molecule has 2 aromatic rings. The van der Waals surface area contributed by atoms with Gasteiger partial charge in [0.05, 0.1) is 11.1 Å². The second kappa shape index (κ2) is 9.46. The van der Waals surface area contributed by atoms with Crippen molar-refractivity contribution in [3.63, 3.8) is 0 Å². The Morgan fingerprint density at radius 3 is 2.32 bits per heavy atom. The van der Waals surface area contributed by atoms with E-state index in [4.69, 9.17) is 0 Å². The van der Waals surface area contributed by atoms with Crippen LogP contribution in [0.2, 0.25) is 0 Å². The molecule has 2 amide bonds. The van der Waals surface area contributed by atoms with Crippen LogP contribution in [-0.4, -0.2) is 70.8 Å². The third-order valence-corrected chi connectivity index (χ3v) is 5.22. The molecule has 0 unspecified atom stereocenters. The topological polar surface area (TPSA) is 56.8 Å². The molecule has 2 heterocycles. The molecule has 0 saturated carbocycles. The quantitative estimate of drug-likeness (QED) is 0.773. The largest absolute Gasteiger partial charge is 0.336 e. The Labute approximate surface area is 166 Å². The molecule has 3 rings (SSSR count). The predicted octanol–water partition coefficient (Wildman–Crippen LogP) is 2.52. The fraction of sp³-hybridized carbons (Fsp3) is 0.409. The van der Waals surface area contributed by atoms with Gasteiger partial charge in [-0.15, -0.1) is 0 Å². The van der Waals surface area contributed by atoms with Crippen LogP contribution >= 0.6 is 0 Å². The molecule has 1 saturated heterocycles. The molecule has 6 heteroatoms. The van der Waals surface area contributed by atoms with Crippen LogP contribution in [0.3, 0.4) is 0 Å². The van der Waals surface area contributed by atoms with Crippen molar-refractivity contribution in [1.29, 1.82) is 0 Å². The van der Waals surface area contributed by atoms with Crippen LogP contribution < -0.4 is 0 Å². The first kappa shape index (κ1) is 20.0. The summed E-state index contributed by atoms with van der Waals surface area (Å²) in [6, 6.07) is 11.6. The van der Waals surface area contributed by atoms with Crippen LogP contribution in [0.25, 0.3) is 0 Å². The van der Waals surface area contributed by atoms with Gasteiger partial charge in [-0.05, 0) is 25.1 Å². The first-order valence-corrected chi connectivity index (χ1v) is 9.92. The van der Waals surface area contributed by atoms with Crippen LogP contribution in [0.4, 0.5) is 0 Å². The summed E-state index contributed by atoms with van der Waals surface area (Å²) in [5, 5.41) is 0. The number of aromatic nitrogens is 1. The Hall–Kier alpha value is -2.73. The number of nitrogens with zero attached hydrogens (tertiary/aromatic N) is 4. The standard InChI is InChI=1S/C22H28N4O2/c1-3-24-10-12-26(13-11-24)22(28)20-14-19(15-23-16-20)21(27)25(4-2)17-18-8-6-5-7-9-18/h5-9,14-16H,3-4,10-13,17H2,1-2H3. The van der Waals surface area contributed by atoms with E-state index in [0.29, 0.717) is 37.3 Å². The lowest BCUT2D eigenvalue weighted by molar-refractivity contribution is 0.0643. The molecule has 0 bridgehead atoms. The van der Waals surface area contributed by atoms with Gasteiger partial charge < -0.3 is 14.7 Å². The zero-order valence-electron chi connectivity index (χ0n) is 16.7. The average molecular weight is 380 g/mol. The van der Waals surface area contributed by atoms with Crippen molar-refractivity contribution >= 4 is 11.8 Å². The summed E-state index contributed by atoms with van der Waals surface area (Å²) in [5.74, 6) is -0.159. The fourth-order valence-electron chi connectivity index (χ4n) is 3.44. The van der Waals surface area contributed by atoms with Crippen molar-refractivity contribution in [2.24, 2.45) is 0 Å². The van der Waals surface area contributed by atoms with E-state index in [1.165, 1.54) is 0 Å². The van der Waals surface area contributed by atoms with Gasteiger partial charge in [0, 0.05) is 51.7 Å². The van der Waals surface area contributed by atoms with Crippen molar-refractivity contribution in [3.05, 3.63) is 65.5 Å². The van der Waals surface area contributed by atoms with E-state index in [-0.39, 0.29) is 11.8 Å². The molecule has 0 atom stereocenters. The zero-order chi connectivity index (χ0) is 19.9. The van der Waals surface area contributed by atoms with Crippen molar-refractivity contribution in [3.8, 4) is 0 Å². The van der Waals surface area contributed by atoms with Crippen LogP contribution in [0.1, 0.15) is 40.1 Å². The summed E-state index contributed by atoms with van der Waals surface area (Å²) in [5.41, 5.74) is 2.01. The summed E-state index contributed by atoms with van der Waals surface area (Å²) in [6.07, 6.45) is 3.10. The molecule has 0 spiro atoms. The van der Waals surface area contributed by atoms with Crippen molar-refractivity contribution < 1.29 is 9.59 Å². The lowest BCUT2D eigenvalue weighted by Crippen LogP contribution is -2.48. The Morgan fingerprint density at radius 1 is 1.00 bits per heavy atom. The number of amides is 2. The van der Waals surface area contributed by atoms with E-state index in [1.54, 1.807) is 23.4 Å². The number of benzene rings is 1. The number of likely N-dealkylation sites (N-methyl/N-ethyl adjacent to an activating group) is 1. The first-order valence-electron chi connectivity index (χ1n) is 9.92. The van der Waals surface area contributed by atoms with Crippen molar-refractivity contribution in [1.82, 2.24) is 19.7 Å². The van der Waals surface area contributed by atoms with E-state index in [2.05, 4.69) is 16.8 Å². The number of pyridine rings is 1. The molecule has 148 valence electrons. The molecule has 0 radical (unpaired) electrons. The van der Waals surface area contributed by atoms with Crippen LogP contribution in [-0.2, 0) is 6.54 Å². The third kappa shape index (κ3) is 4.75. The monoisotopic (exact) mass is 380 g/mol. The van der Waals surface area contributed by atoms with Gasteiger partial charge in [0.25, 0.3) is 11.8 Å². The molecular weight excluding hydrogens is 352 g/mol. The molecule has 1 aliphatic heterocycles. The van der Waals surface area contributed by atoms with Gasteiger partial charge in [0.15, 0.2) is 0 Å². The summed E-state index contributed by atoms with van der Waals surface area (Å²) < 4.78 is 0. The molecule has 28 heavy (non-hydrogen) atoms. The lowest BCUT2D eigenvalue weighted by atomic mass is 10.1. The van der Waals surface area contributed by atoms with E-state index in [1.807, 2.05) is 42.2 Å². The number of hydrogen-bond acceptors (Lipinski definition) is 4. The molecule has 0 aliphatic carbocycles. The zero-order valence-corrected chi connectivity index (χ0v) is 16.7. The van der Waals surface area contributed by atoms with E-state index in [0.717, 1.165) is 25.2 Å². The lowest BCUT2D eigenvalue weighted by Gasteiger charge is -2.34. The van der Waals surface area contributed by atoms with Gasteiger partial charge in [-0.1, -0.05) is 37.3 Å². The Bertz CT molecular complexity index is 801. The van der Waals surface area contributed by atoms with Gasteiger partial charge in [-0.25, -0.2) is 0 Å². The maximum absolute atomic E-state index is 13.0. The molecule has 1 fully saturated rings. The highest BCUT2D eigenvalue weighted by molar-refractivity contribution is 5.99. The number of piperazine rings is 1. The third-order valence-electron chi connectivity index (χ3n) is 5.22. The molecular formula is C22H28N4O2. The van der Waals surface area contributed by atoms with E-state index < -0.39 is 0 Å². The summed E-state index contributed by atoms with van der Waals surface area (Å²) in [4.78, 5) is 35.9. The highest BCUT2D eigenvalue weighted by Crippen LogP contribution is 2.13. The van der Waals surface area contributed by atoms with Crippen molar-refractivity contribution in [2.75, 3.05) is 39.3 Å².